The van der Waals surface area contributed by atoms with E-state index < -0.39 is 0 Å². The highest BCUT2D eigenvalue weighted by Gasteiger charge is 2.19. The Morgan fingerprint density at radius 1 is 1.62 bits per heavy atom. The number of hydrogen-bond donors (Lipinski definition) is 1. The third-order valence-electron chi connectivity index (χ3n) is 3.07. The predicted molar refractivity (Wildman–Crippen MR) is 62.8 cm³/mol. The molecule has 1 atom stereocenters. The number of nitrogens with zero attached hydrogens (tertiary/aromatic N) is 2. The highest BCUT2D eigenvalue weighted by Crippen LogP contribution is 2.24. The lowest BCUT2D eigenvalue weighted by Crippen LogP contribution is -2.36. The van der Waals surface area contributed by atoms with Gasteiger partial charge in [-0.1, -0.05) is 0 Å². The number of piperidine rings is 1. The molecule has 0 amide bonds. The van der Waals surface area contributed by atoms with E-state index in [1.165, 1.54) is 0 Å². The third-order valence-corrected chi connectivity index (χ3v) is 3.07. The summed E-state index contributed by atoms with van der Waals surface area (Å²) in [7, 11) is 1.62. The Labute approximate surface area is 95.9 Å². The van der Waals surface area contributed by atoms with Crippen molar-refractivity contribution in [3.05, 3.63) is 18.3 Å². The van der Waals surface area contributed by atoms with Crippen molar-refractivity contribution in [3.8, 4) is 5.88 Å². The molecule has 0 aromatic carbocycles. The molecule has 0 bridgehead atoms. The van der Waals surface area contributed by atoms with Crippen molar-refractivity contribution >= 4 is 5.69 Å². The first-order valence-electron chi connectivity index (χ1n) is 5.69. The fourth-order valence-corrected chi connectivity index (χ4v) is 2.16. The van der Waals surface area contributed by atoms with E-state index in [4.69, 9.17) is 4.74 Å². The highest BCUT2D eigenvalue weighted by atomic mass is 16.5. The Morgan fingerprint density at radius 3 is 3.25 bits per heavy atom. The summed E-state index contributed by atoms with van der Waals surface area (Å²) in [6, 6.07) is 3.93. The Balaban J connectivity index is 2.10. The monoisotopic (exact) mass is 222 g/mol. The summed E-state index contributed by atoms with van der Waals surface area (Å²) in [4.78, 5) is 6.38. The van der Waals surface area contributed by atoms with Crippen LogP contribution in [0.25, 0.3) is 0 Å². The summed E-state index contributed by atoms with van der Waals surface area (Å²) in [5, 5.41) is 9.19. The zero-order valence-electron chi connectivity index (χ0n) is 9.59. The Kier molecular flexibility index (Phi) is 3.62. The molecule has 1 aromatic heterocycles. The van der Waals surface area contributed by atoms with Gasteiger partial charge in [0, 0.05) is 37.6 Å². The van der Waals surface area contributed by atoms with Gasteiger partial charge in [-0.15, -0.1) is 0 Å². The van der Waals surface area contributed by atoms with Gasteiger partial charge in [-0.25, -0.2) is 4.98 Å². The fraction of sp³-hybridized carbons (Fsp3) is 0.583. The lowest BCUT2D eigenvalue weighted by atomic mass is 9.99. The molecule has 16 heavy (non-hydrogen) atoms. The lowest BCUT2D eigenvalue weighted by molar-refractivity contribution is 0.208. The average molecular weight is 222 g/mol. The number of aliphatic hydroxyl groups is 1. The maximum absolute atomic E-state index is 9.19. The van der Waals surface area contributed by atoms with Gasteiger partial charge in [0.25, 0.3) is 0 Å². The van der Waals surface area contributed by atoms with E-state index in [1.807, 2.05) is 12.1 Å². The van der Waals surface area contributed by atoms with Crippen LogP contribution in [-0.4, -0.2) is 36.9 Å². The second kappa shape index (κ2) is 5.16. The second-order valence-electron chi connectivity index (χ2n) is 4.19. The maximum Gasteiger partial charge on any atom is 0.214 e. The van der Waals surface area contributed by atoms with Crippen LogP contribution in [0.1, 0.15) is 12.8 Å². The number of aliphatic hydroxyl groups excluding tert-OH is 1. The average Bonchev–Trinajstić information content (AvgIpc) is 2.39. The quantitative estimate of drug-likeness (QED) is 0.837. The Morgan fingerprint density at radius 2 is 2.50 bits per heavy atom. The third kappa shape index (κ3) is 2.44. The summed E-state index contributed by atoms with van der Waals surface area (Å²) in [5.74, 6) is 1.04. The Hall–Kier alpha value is -1.29. The summed E-state index contributed by atoms with van der Waals surface area (Å²) in [6.45, 7) is 2.24. The molecule has 4 nitrogen and oxygen atoms in total. The van der Waals surface area contributed by atoms with Crippen molar-refractivity contribution in [2.24, 2.45) is 5.92 Å². The predicted octanol–water partition coefficient (Wildman–Crippen LogP) is 1.30. The molecule has 0 aliphatic carbocycles. The zero-order valence-corrected chi connectivity index (χ0v) is 9.59. The van der Waals surface area contributed by atoms with Crippen LogP contribution in [0.5, 0.6) is 5.88 Å². The molecule has 88 valence electrons. The van der Waals surface area contributed by atoms with Gasteiger partial charge >= 0.3 is 0 Å². The SMILES string of the molecule is COc1cc(N2CCCC(CO)C2)ccn1. The number of pyridine rings is 1. The van der Waals surface area contributed by atoms with Crippen LogP contribution in [0.4, 0.5) is 5.69 Å². The van der Waals surface area contributed by atoms with Gasteiger partial charge < -0.3 is 14.7 Å². The largest absolute Gasteiger partial charge is 0.481 e. The smallest absolute Gasteiger partial charge is 0.214 e. The zero-order chi connectivity index (χ0) is 11.4. The summed E-state index contributed by atoms with van der Waals surface area (Å²) < 4.78 is 5.11. The molecule has 1 fully saturated rings. The van der Waals surface area contributed by atoms with E-state index in [0.29, 0.717) is 11.8 Å². The number of ether oxygens (including phenoxy) is 1. The summed E-state index contributed by atoms with van der Waals surface area (Å²) >= 11 is 0. The normalized spacial score (nSPS) is 20.9. The lowest BCUT2D eigenvalue weighted by Gasteiger charge is -2.33. The van der Waals surface area contributed by atoms with Crippen LogP contribution >= 0.6 is 0 Å². The van der Waals surface area contributed by atoms with Crippen LogP contribution in [0.3, 0.4) is 0 Å². The first kappa shape index (κ1) is 11.2. The molecule has 2 rings (SSSR count). The van der Waals surface area contributed by atoms with Crippen molar-refractivity contribution in [2.45, 2.75) is 12.8 Å². The Bertz CT molecular complexity index is 344. The van der Waals surface area contributed by atoms with Crippen LogP contribution < -0.4 is 9.64 Å². The minimum atomic E-state index is 0.277. The number of methoxy groups -OCH3 is 1. The van der Waals surface area contributed by atoms with E-state index in [1.54, 1.807) is 13.3 Å². The van der Waals surface area contributed by atoms with Gasteiger partial charge in [-0.2, -0.15) is 0 Å². The molecule has 4 heteroatoms. The van der Waals surface area contributed by atoms with E-state index >= 15 is 0 Å². The minimum absolute atomic E-state index is 0.277. The van der Waals surface area contributed by atoms with Crippen LogP contribution in [0, 0.1) is 5.92 Å². The second-order valence-corrected chi connectivity index (χ2v) is 4.19. The number of hydrogen-bond acceptors (Lipinski definition) is 4. The molecule has 1 aromatic rings. The van der Waals surface area contributed by atoms with Gasteiger partial charge in [0.05, 0.1) is 7.11 Å². The number of anilines is 1. The van der Waals surface area contributed by atoms with Gasteiger partial charge in [0.2, 0.25) is 5.88 Å². The van der Waals surface area contributed by atoms with Crippen LogP contribution in [0.2, 0.25) is 0 Å². The molecule has 1 N–H and O–H groups in total. The molecule has 2 heterocycles. The van der Waals surface area contributed by atoms with Gasteiger partial charge in [0.1, 0.15) is 0 Å². The molecule has 1 aliphatic rings. The van der Waals surface area contributed by atoms with Gasteiger partial charge in [-0.05, 0) is 24.8 Å². The van der Waals surface area contributed by atoms with Crippen molar-refractivity contribution in [1.29, 1.82) is 0 Å². The molecule has 0 saturated carbocycles. The topological polar surface area (TPSA) is 45.6 Å². The van der Waals surface area contributed by atoms with Gasteiger partial charge in [-0.3, -0.25) is 0 Å². The molecular weight excluding hydrogens is 204 g/mol. The van der Waals surface area contributed by atoms with E-state index in [9.17, 15) is 5.11 Å². The van der Waals surface area contributed by atoms with E-state index in [2.05, 4.69) is 9.88 Å². The van der Waals surface area contributed by atoms with E-state index in [0.717, 1.165) is 31.6 Å². The van der Waals surface area contributed by atoms with Crippen molar-refractivity contribution in [3.63, 3.8) is 0 Å². The highest BCUT2D eigenvalue weighted by molar-refractivity contribution is 5.48. The summed E-state index contributed by atoms with van der Waals surface area (Å²) in [6.07, 6.45) is 4.02. The minimum Gasteiger partial charge on any atom is -0.481 e. The molecule has 0 spiro atoms. The first-order valence-corrected chi connectivity index (χ1v) is 5.69. The number of rotatable bonds is 3. The van der Waals surface area contributed by atoms with Gasteiger partial charge in [0.15, 0.2) is 0 Å². The van der Waals surface area contributed by atoms with Crippen LogP contribution in [-0.2, 0) is 0 Å². The van der Waals surface area contributed by atoms with Crippen molar-refractivity contribution < 1.29 is 9.84 Å². The van der Waals surface area contributed by atoms with E-state index in [-0.39, 0.29) is 6.61 Å². The van der Waals surface area contributed by atoms with Crippen molar-refractivity contribution in [2.75, 3.05) is 31.7 Å². The first-order chi connectivity index (χ1) is 7.83. The summed E-state index contributed by atoms with van der Waals surface area (Å²) in [5.41, 5.74) is 1.13. The number of aromatic nitrogens is 1. The molecular formula is C12H18N2O2. The molecule has 0 radical (unpaired) electrons. The maximum atomic E-state index is 9.19. The molecule has 1 aliphatic heterocycles. The fourth-order valence-electron chi connectivity index (χ4n) is 2.16. The molecule has 1 saturated heterocycles. The molecule has 1 unspecified atom stereocenters. The standard InChI is InChI=1S/C12H18N2O2/c1-16-12-7-11(4-5-13-12)14-6-2-3-10(8-14)9-15/h4-5,7,10,15H,2-3,6,8-9H2,1H3. The van der Waals surface area contributed by atoms with Crippen LogP contribution in [0.15, 0.2) is 18.3 Å². The van der Waals surface area contributed by atoms with Crippen molar-refractivity contribution in [1.82, 2.24) is 4.98 Å².